The van der Waals surface area contributed by atoms with E-state index in [-0.39, 0.29) is 17.9 Å². The van der Waals surface area contributed by atoms with Gasteiger partial charge in [0.1, 0.15) is 11.6 Å². The topological polar surface area (TPSA) is 71.3 Å². The van der Waals surface area contributed by atoms with Gasteiger partial charge in [-0.2, -0.15) is 0 Å². The molecule has 116 valence electrons. The van der Waals surface area contributed by atoms with Crippen molar-refractivity contribution in [1.82, 2.24) is 10.6 Å². The van der Waals surface area contributed by atoms with Gasteiger partial charge in [-0.15, -0.1) is 0 Å². The summed E-state index contributed by atoms with van der Waals surface area (Å²) in [6, 6.07) is 5.47. The summed E-state index contributed by atoms with van der Waals surface area (Å²) in [5.74, 6) is -2.37. The zero-order valence-corrected chi connectivity index (χ0v) is 11.7. The van der Waals surface area contributed by atoms with Crippen molar-refractivity contribution < 1.29 is 22.8 Å². The van der Waals surface area contributed by atoms with E-state index in [0.717, 1.165) is 12.1 Å². The van der Waals surface area contributed by atoms with Crippen LogP contribution < -0.4 is 10.6 Å². The van der Waals surface area contributed by atoms with Crippen molar-refractivity contribution in [1.29, 1.82) is 0 Å². The molecule has 0 saturated heterocycles. The highest BCUT2D eigenvalue weighted by molar-refractivity contribution is 5.94. The van der Waals surface area contributed by atoms with Crippen LogP contribution in [-0.2, 0) is 4.79 Å². The van der Waals surface area contributed by atoms with Gasteiger partial charge in [0.05, 0.1) is 18.8 Å². The molecule has 22 heavy (non-hydrogen) atoms. The van der Waals surface area contributed by atoms with Crippen LogP contribution in [0.3, 0.4) is 0 Å². The molecular formula is C15H14F2N2O3. The Morgan fingerprint density at radius 2 is 2.05 bits per heavy atom. The molecular weight excluding hydrogens is 294 g/mol. The largest absolute Gasteiger partial charge is 0.459 e. The molecule has 0 aliphatic carbocycles. The van der Waals surface area contributed by atoms with Crippen molar-refractivity contribution in [3.63, 3.8) is 0 Å². The number of hydrogen-bond acceptors (Lipinski definition) is 3. The number of halogens is 2. The van der Waals surface area contributed by atoms with Crippen molar-refractivity contribution in [2.75, 3.05) is 6.54 Å². The summed E-state index contributed by atoms with van der Waals surface area (Å²) in [7, 11) is 0. The van der Waals surface area contributed by atoms with Crippen LogP contribution in [0.5, 0.6) is 0 Å². The number of carbonyl (C=O) groups is 2. The second-order valence-corrected chi connectivity index (χ2v) is 4.62. The Morgan fingerprint density at radius 1 is 1.27 bits per heavy atom. The Labute approximate surface area is 125 Å². The molecule has 0 aliphatic heterocycles. The van der Waals surface area contributed by atoms with Gasteiger partial charge in [-0.3, -0.25) is 9.59 Å². The minimum atomic E-state index is -0.743. The molecule has 0 aliphatic rings. The summed E-state index contributed by atoms with van der Waals surface area (Å²) in [5.41, 5.74) is 0.159. The monoisotopic (exact) mass is 308 g/mol. The minimum Gasteiger partial charge on any atom is -0.459 e. The SMILES string of the molecule is C[C@@H](NC(=O)CNC(=O)c1ccco1)c1ccc(F)cc1F. The fourth-order valence-electron chi connectivity index (χ4n) is 1.88. The maximum Gasteiger partial charge on any atom is 0.287 e. The van der Waals surface area contributed by atoms with Crippen LogP contribution in [0.4, 0.5) is 8.78 Å². The van der Waals surface area contributed by atoms with Gasteiger partial charge in [-0.25, -0.2) is 8.78 Å². The van der Waals surface area contributed by atoms with E-state index in [4.69, 9.17) is 4.42 Å². The lowest BCUT2D eigenvalue weighted by atomic mass is 10.1. The van der Waals surface area contributed by atoms with Crippen molar-refractivity contribution in [3.8, 4) is 0 Å². The molecule has 1 heterocycles. The van der Waals surface area contributed by atoms with Crippen LogP contribution in [0, 0.1) is 11.6 Å². The maximum absolute atomic E-state index is 13.6. The van der Waals surface area contributed by atoms with E-state index in [9.17, 15) is 18.4 Å². The number of carbonyl (C=O) groups excluding carboxylic acids is 2. The van der Waals surface area contributed by atoms with Crippen molar-refractivity contribution in [2.24, 2.45) is 0 Å². The molecule has 0 spiro atoms. The molecule has 1 aromatic heterocycles. The second kappa shape index (κ2) is 6.84. The van der Waals surface area contributed by atoms with Gasteiger partial charge < -0.3 is 15.1 Å². The Morgan fingerprint density at radius 3 is 2.68 bits per heavy atom. The number of benzene rings is 1. The molecule has 0 bridgehead atoms. The van der Waals surface area contributed by atoms with Gasteiger partial charge in [0, 0.05) is 11.6 Å². The number of hydrogen-bond donors (Lipinski definition) is 2. The third-order valence-corrected chi connectivity index (χ3v) is 2.96. The van der Waals surface area contributed by atoms with Crippen LogP contribution in [-0.4, -0.2) is 18.4 Å². The lowest BCUT2D eigenvalue weighted by molar-refractivity contribution is -0.120. The molecule has 5 nitrogen and oxygen atoms in total. The summed E-state index contributed by atoms with van der Waals surface area (Å²) in [5, 5.41) is 4.88. The normalized spacial score (nSPS) is 11.8. The van der Waals surface area contributed by atoms with Gasteiger partial charge >= 0.3 is 0 Å². The van der Waals surface area contributed by atoms with Crippen molar-refractivity contribution in [2.45, 2.75) is 13.0 Å². The van der Waals surface area contributed by atoms with E-state index in [1.54, 1.807) is 13.0 Å². The van der Waals surface area contributed by atoms with Gasteiger partial charge in [0.2, 0.25) is 5.91 Å². The first kappa shape index (κ1) is 15.7. The van der Waals surface area contributed by atoms with Crippen LogP contribution in [0.2, 0.25) is 0 Å². The number of furan rings is 1. The quantitative estimate of drug-likeness (QED) is 0.889. The maximum atomic E-state index is 13.6. The highest BCUT2D eigenvalue weighted by Crippen LogP contribution is 2.17. The summed E-state index contributed by atoms with van der Waals surface area (Å²) in [6.45, 7) is 1.27. The van der Waals surface area contributed by atoms with Gasteiger partial charge in [0.25, 0.3) is 5.91 Å². The van der Waals surface area contributed by atoms with Gasteiger partial charge in [-0.05, 0) is 25.1 Å². The number of amides is 2. The standard InChI is InChI=1S/C15H14F2N2O3/c1-9(11-5-4-10(16)7-12(11)17)19-14(20)8-18-15(21)13-3-2-6-22-13/h2-7,9H,8H2,1H3,(H,18,21)(H,19,20)/t9-/m1/s1. The Balaban J connectivity index is 1.87. The zero-order valence-electron chi connectivity index (χ0n) is 11.7. The summed E-state index contributed by atoms with van der Waals surface area (Å²) < 4.78 is 31.3. The Bertz CT molecular complexity index is 671. The fraction of sp³-hybridized carbons (Fsp3) is 0.200. The first-order valence-electron chi connectivity index (χ1n) is 6.53. The van der Waals surface area contributed by atoms with E-state index >= 15 is 0 Å². The molecule has 0 radical (unpaired) electrons. The zero-order chi connectivity index (χ0) is 16.1. The van der Waals surface area contributed by atoms with E-state index in [1.807, 2.05) is 0 Å². The third kappa shape index (κ3) is 3.91. The van der Waals surface area contributed by atoms with Crippen molar-refractivity contribution in [3.05, 3.63) is 59.6 Å². The van der Waals surface area contributed by atoms with Crippen LogP contribution >= 0.6 is 0 Å². The number of nitrogens with one attached hydrogen (secondary N) is 2. The average molecular weight is 308 g/mol. The lowest BCUT2D eigenvalue weighted by Gasteiger charge is -2.15. The molecule has 0 fully saturated rings. The molecule has 0 unspecified atom stereocenters. The summed E-state index contributed by atoms with van der Waals surface area (Å²) >= 11 is 0. The third-order valence-electron chi connectivity index (χ3n) is 2.96. The fourth-order valence-corrected chi connectivity index (χ4v) is 1.88. The molecule has 2 N–H and O–H groups in total. The predicted octanol–water partition coefficient (Wildman–Crippen LogP) is 2.17. The molecule has 0 saturated carbocycles. The molecule has 1 atom stereocenters. The molecule has 7 heteroatoms. The van der Waals surface area contributed by atoms with E-state index < -0.39 is 29.5 Å². The lowest BCUT2D eigenvalue weighted by Crippen LogP contribution is -2.38. The first-order chi connectivity index (χ1) is 10.5. The molecule has 1 aromatic carbocycles. The first-order valence-corrected chi connectivity index (χ1v) is 6.53. The summed E-state index contributed by atoms with van der Waals surface area (Å²) in [4.78, 5) is 23.3. The Kier molecular flexibility index (Phi) is 4.88. The molecule has 2 rings (SSSR count). The molecule has 2 amide bonds. The molecule has 2 aromatic rings. The Hall–Kier alpha value is -2.70. The predicted molar refractivity (Wildman–Crippen MR) is 74.0 cm³/mol. The average Bonchev–Trinajstić information content (AvgIpc) is 2.98. The number of rotatable bonds is 5. The van der Waals surface area contributed by atoms with E-state index in [1.165, 1.54) is 18.4 Å². The van der Waals surface area contributed by atoms with E-state index in [2.05, 4.69) is 10.6 Å². The minimum absolute atomic E-state index is 0.0884. The van der Waals surface area contributed by atoms with Crippen LogP contribution in [0.15, 0.2) is 41.0 Å². The van der Waals surface area contributed by atoms with Gasteiger partial charge in [0.15, 0.2) is 5.76 Å². The van der Waals surface area contributed by atoms with Crippen molar-refractivity contribution >= 4 is 11.8 Å². The highest BCUT2D eigenvalue weighted by Gasteiger charge is 2.15. The smallest absolute Gasteiger partial charge is 0.287 e. The van der Waals surface area contributed by atoms with E-state index in [0.29, 0.717) is 0 Å². The van der Waals surface area contributed by atoms with Crippen LogP contribution in [0.1, 0.15) is 29.1 Å². The summed E-state index contributed by atoms with van der Waals surface area (Å²) in [6.07, 6.45) is 1.34. The second-order valence-electron chi connectivity index (χ2n) is 4.62. The van der Waals surface area contributed by atoms with Gasteiger partial charge in [-0.1, -0.05) is 6.07 Å². The van der Waals surface area contributed by atoms with Crippen LogP contribution in [0.25, 0.3) is 0 Å². The highest BCUT2D eigenvalue weighted by atomic mass is 19.1.